The van der Waals surface area contributed by atoms with E-state index in [-0.39, 0.29) is 23.4 Å². The average molecular weight is 294 g/mol. The molecule has 1 N–H and O–H groups in total. The monoisotopic (exact) mass is 294 g/mol. The molecule has 2 rings (SSSR count). The molecular weight excluding hydrogens is 272 g/mol. The lowest BCUT2D eigenvalue weighted by Crippen LogP contribution is -2.30. The Kier molecular flexibility index (Phi) is 5.30. The number of aromatic nitrogens is 2. The second kappa shape index (κ2) is 7.19. The first-order valence-corrected chi connectivity index (χ1v) is 7.47. The molecule has 1 fully saturated rings. The molecule has 0 bridgehead atoms. The Bertz CT molecular complexity index is 489. The molecular formula is C14H22N4O3. The highest BCUT2D eigenvalue weighted by atomic mass is 16.6. The maximum atomic E-state index is 11.3. The third-order valence-electron chi connectivity index (χ3n) is 4.15. The summed E-state index contributed by atoms with van der Waals surface area (Å²) in [5, 5.41) is 14.5. The largest absolute Gasteiger partial charge is 0.476 e. The molecule has 1 aromatic heterocycles. The average Bonchev–Trinajstić information content (AvgIpc) is 2.52. The van der Waals surface area contributed by atoms with Crippen molar-refractivity contribution in [2.75, 3.05) is 12.4 Å². The van der Waals surface area contributed by atoms with Crippen LogP contribution in [-0.4, -0.2) is 28.0 Å². The molecule has 1 aliphatic carbocycles. The number of ether oxygens (including phenoxy) is 1. The number of nitrogens with zero attached hydrogens (tertiary/aromatic N) is 3. The first-order chi connectivity index (χ1) is 10.2. The second-order valence-electron chi connectivity index (χ2n) is 5.39. The maximum Gasteiger partial charge on any atom is 0.372 e. The Morgan fingerprint density at radius 1 is 1.43 bits per heavy atom. The summed E-state index contributed by atoms with van der Waals surface area (Å²) in [6.45, 7) is 2.09. The van der Waals surface area contributed by atoms with Crippen LogP contribution < -0.4 is 10.1 Å². The van der Waals surface area contributed by atoms with Crippen molar-refractivity contribution in [2.24, 2.45) is 5.92 Å². The summed E-state index contributed by atoms with van der Waals surface area (Å²) in [7, 11) is 1.37. The van der Waals surface area contributed by atoms with E-state index in [0.29, 0.717) is 5.92 Å². The molecule has 7 nitrogen and oxygen atoms in total. The van der Waals surface area contributed by atoms with Crippen LogP contribution >= 0.6 is 0 Å². The molecule has 1 saturated carbocycles. The fourth-order valence-corrected chi connectivity index (χ4v) is 3.05. The smallest absolute Gasteiger partial charge is 0.372 e. The van der Waals surface area contributed by atoms with Gasteiger partial charge in [-0.25, -0.2) is 4.98 Å². The van der Waals surface area contributed by atoms with Crippen LogP contribution in [0, 0.1) is 16.0 Å². The van der Waals surface area contributed by atoms with E-state index in [9.17, 15) is 10.1 Å². The van der Waals surface area contributed by atoms with Crippen molar-refractivity contribution in [1.29, 1.82) is 0 Å². The van der Waals surface area contributed by atoms with Crippen molar-refractivity contribution < 1.29 is 9.66 Å². The van der Waals surface area contributed by atoms with Gasteiger partial charge >= 0.3 is 5.69 Å². The van der Waals surface area contributed by atoms with Gasteiger partial charge in [0, 0.05) is 6.04 Å². The van der Waals surface area contributed by atoms with Crippen molar-refractivity contribution in [2.45, 2.75) is 51.5 Å². The number of hydrogen-bond acceptors (Lipinski definition) is 6. The molecule has 1 unspecified atom stereocenters. The number of nitro groups is 1. The number of methoxy groups -OCH3 is 1. The van der Waals surface area contributed by atoms with Gasteiger partial charge in [-0.05, 0) is 25.2 Å². The van der Waals surface area contributed by atoms with E-state index in [0.717, 1.165) is 6.42 Å². The molecule has 7 heteroatoms. The Hall–Kier alpha value is -1.92. The summed E-state index contributed by atoms with van der Waals surface area (Å²) in [6.07, 6.45) is 8.30. The molecule has 0 aromatic carbocycles. The predicted octanol–water partition coefficient (Wildman–Crippen LogP) is 3.16. The van der Waals surface area contributed by atoms with Crippen LogP contribution in [0.5, 0.6) is 5.88 Å². The van der Waals surface area contributed by atoms with E-state index < -0.39 is 4.92 Å². The minimum atomic E-state index is -0.491. The van der Waals surface area contributed by atoms with Crippen molar-refractivity contribution in [3.05, 3.63) is 16.4 Å². The third-order valence-corrected chi connectivity index (χ3v) is 4.15. The van der Waals surface area contributed by atoms with Crippen molar-refractivity contribution in [3.8, 4) is 5.88 Å². The van der Waals surface area contributed by atoms with Crippen LogP contribution in [0.2, 0.25) is 0 Å². The molecule has 0 radical (unpaired) electrons. The molecule has 0 spiro atoms. The van der Waals surface area contributed by atoms with Gasteiger partial charge < -0.3 is 10.1 Å². The van der Waals surface area contributed by atoms with E-state index >= 15 is 0 Å². The van der Waals surface area contributed by atoms with Gasteiger partial charge in [0.25, 0.3) is 5.88 Å². The standard InChI is InChI=1S/C14H22N4O3/c1-3-11(10-7-5-4-6-8-10)17-13-12(18(19)20)14(21-2)16-9-15-13/h9-11H,3-8H2,1-2H3,(H,15,16,17). The highest BCUT2D eigenvalue weighted by Crippen LogP contribution is 2.34. The fourth-order valence-electron chi connectivity index (χ4n) is 3.05. The lowest BCUT2D eigenvalue weighted by atomic mass is 9.83. The Labute approximate surface area is 124 Å². The molecule has 1 aromatic rings. The minimum Gasteiger partial charge on any atom is -0.476 e. The molecule has 0 amide bonds. The fraction of sp³-hybridized carbons (Fsp3) is 0.714. The predicted molar refractivity (Wildman–Crippen MR) is 79.5 cm³/mol. The van der Waals surface area contributed by atoms with Gasteiger partial charge in [-0.1, -0.05) is 26.2 Å². The Morgan fingerprint density at radius 2 is 2.14 bits per heavy atom. The van der Waals surface area contributed by atoms with E-state index in [1.165, 1.54) is 45.5 Å². The summed E-state index contributed by atoms with van der Waals surface area (Å²) in [4.78, 5) is 18.6. The van der Waals surface area contributed by atoms with Gasteiger partial charge in [0.1, 0.15) is 6.33 Å². The first-order valence-electron chi connectivity index (χ1n) is 7.47. The van der Waals surface area contributed by atoms with Gasteiger partial charge in [-0.2, -0.15) is 4.98 Å². The number of nitrogens with one attached hydrogen (secondary N) is 1. The summed E-state index contributed by atoms with van der Waals surface area (Å²) >= 11 is 0. The van der Waals surface area contributed by atoms with Crippen LogP contribution in [0.15, 0.2) is 6.33 Å². The molecule has 0 aliphatic heterocycles. The number of hydrogen-bond donors (Lipinski definition) is 1. The summed E-state index contributed by atoms with van der Waals surface area (Å²) < 4.78 is 4.98. The summed E-state index contributed by atoms with van der Waals surface area (Å²) in [5.74, 6) is 0.796. The second-order valence-corrected chi connectivity index (χ2v) is 5.39. The van der Waals surface area contributed by atoms with E-state index in [2.05, 4.69) is 22.2 Å². The van der Waals surface area contributed by atoms with Crippen LogP contribution in [-0.2, 0) is 0 Å². The van der Waals surface area contributed by atoms with E-state index in [4.69, 9.17) is 4.74 Å². The summed E-state index contributed by atoms with van der Waals surface area (Å²) in [6, 6.07) is 0.198. The maximum absolute atomic E-state index is 11.3. The van der Waals surface area contributed by atoms with Crippen molar-refractivity contribution in [3.63, 3.8) is 0 Å². The van der Waals surface area contributed by atoms with E-state index in [1.807, 2.05) is 0 Å². The summed E-state index contributed by atoms with van der Waals surface area (Å²) in [5.41, 5.74) is -0.186. The topological polar surface area (TPSA) is 90.2 Å². The highest BCUT2D eigenvalue weighted by Gasteiger charge is 2.28. The zero-order valence-corrected chi connectivity index (χ0v) is 12.5. The van der Waals surface area contributed by atoms with Crippen molar-refractivity contribution in [1.82, 2.24) is 9.97 Å². The SMILES string of the molecule is CCC(Nc1ncnc(OC)c1[N+](=O)[O-])C1CCCCC1. The Balaban J connectivity index is 2.22. The molecule has 1 heterocycles. The van der Waals surface area contributed by atoms with Crippen LogP contribution in [0.25, 0.3) is 0 Å². The molecule has 1 aliphatic rings. The van der Waals surface area contributed by atoms with Gasteiger partial charge in [0.15, 0.2) is 0 Å². The Morgan fingerprint density at radius 3 is 2.71 bits per heavy atom. The van der Waals surface area contributed by atoms with Gasteiger partial charge in [-0.3, -0.25) is 10.1 Å². The zero-order valence-electron chi connectivity index (χ0n) is 12.5. The normalized spacial score (nSPS) is 17.2. The van der Waals surface area contributed by atoms with Crippen LogP contribution in [0.4, 0.5) is 11.5 Å². The number of rotatable bonds is 6. The van der Waals surface area contributed by atoms with Crippen molar-refractivity contribution >= 4 is 11.5 Å². The lowest BCUT2D eigenvalue weighted by molar-refractivity contribution is -0.385. The third kappa shape index (κ3) is 3.59. The zero-order chi connectivity index (χ0) is 15.2. The molecule has 0 saturated heterocycles. The molecule has 1 atom stereocenters. The number of anilines is 1. The molecule has 116 valence electrons. The van der Waals surface area contributed by atoms with Gasteiger partial charge in [0.2, 0.25) is 5.82 Å². The minimum absolute atomic E-state index is 0.00371. The van der Waals surface area contributed by atoms with Gasteiger partial charge in [-0.15, -0.1) is 0 Å². The lowest BCUT2D eigenvalue weighted by Gasteiger charge is -2.30. The van der Waals surface area contributed by atoms with E-state index in [1.54, 1.807) is 0 Å². The van der Waals surface area contributed by atoms with Crippen LogP contribution in [0.1, 0.15) is 45.4 Å². The quantitative estimate of drug-likeness (QED) is 0.640. The van der Waals surface area contributed by atoms with Crippen LogP contribution in [0.3, 0.4) is 0 Å². The van der Waals surface area contributed by atoms with Gasteiger partial charge in [0.05, 0.1) is 12.0 Å². The molecule has 21 heavy (non-hydrogen) atoms. The highest BCUT2D eigenvalue weighted by molar-refractivity contribution is 5.61. The first kappa shape index (κ1) is 15.5.